The van der Waals surface area contributed by atoms with E-state index in [1.165, 1.54) is 31.4 Å². The number of benzene rings is 1. The van der Waals surface area contributed by atoms with Crippen molar-refractivity contribution in [2.24, 2.45) is 0 Å². The number of hydrogen-bond donors (Lipinski definition) is 0. The van der Waals surface area contributed by atoms with Gasteiger partial charge in [-0.15, -0.1) is 0 Å². The topological polar surface area (TPSA) is 133 Å². The number of nitro benzene ring substituents is 1. The smallest absolute Gasteiger partial charge is 0.345 e. The minimum Gasteiger partial charge on any atom is -0.469 e. The Bertz CT molecular complexity index is 816. The Morgan fingerprint density at radius 3 is 2.52 bits per heavy atom. The van der Waals surface area contributed by atoms with Crippen LogP contribution in [0.1, 0.15) is 24.8 Å². The van der Waals surface area contributed by atoms with Gasteiger partial charge in [-0.05, 0) is 17.7 Å². The third kappa shape index (κ3) is 6.16. The van der Waals surface area contributed by atoms with E-state index in [1.54, 1.807) is 0 Å². The lowest BCUT2D eigenvalue weighted by molar-refractivity contribution is -0.384. The van der Waals surface area contributed by atoms with E-state index in [9.17, 15) is 29.3 Å². The van der Waals surface area contributed by atoms with Crippen LogP contribution in [0.25, 0.3) is 0 Å². The third-order valence-electron chi connectivity index (χ3n) is 3.94. The van der Waals surface area contributed by atoms with Crippen molar-refractivity contribution in [1.29, 1.82) is 0 Å². The molecule has 1 aromatic rings. The number of carbonyl (C=O) groups excluding carboxylic acids is 4. The van der Waals surface area contributed by atoms with Crippen LogP contribution in [-0.4, -0.2) is 50.8 Å². The first-order valence-corrected chi connectivity index (χ1v) is 9.66. The molecule has 0 N–H and O–H groups in total. The minimum atomic E-state index is -1.42. The van der Waals surface area contributed by atoms with Crippen LogP contribution in [0, 0.1) is 10.1 Å². The van der Waals surface area contributed by atoms with Crippen molar-refractivity contribution < 1.29 is 33.6 Å². The highest BCUT2D eigenvalue weighted by Crippen LogP contribution is 2.34. The molecule has 0 saturated carbocycles. The second-order valence-electron chi connectivity index (χ2n) is 5.89. The molecule has 1 heterocycles. The summed E-state index contributed by atoms with van der Waals surface area (Å²) in [5.41, 5.74) is -1.01. The molecule has 0 aromatic heterocycles. The van der Waals surface area contributed by atoms with Crippen molar-refractivity contribution in [1.82, 2.24) is 4.90 Å². The molecule has 10 nitrogen and oxygen atoms in total. The van der Waals surface area contributed by atoms with Crippen molar-refractivity contribution in [3.8, 4) is 0 Å². The molecule has 0 spiro atoms. The first-order valence-electron chi connectivity index (χ1n) is 8.34. The van der Waals surface area contributed by atoms with E-state index in [0.29, 0.717) is 5.56 Å². The molecule has 2 rings (SSSR count). The van der Waals surface area contributed by atoms with Crippen LogP contribution < -0.4 is 0 Å². The summed E-state index contributed by atoms with van der Waals surface area (Å²) in [5, 5.41) is 9.67. The summed E-state index contributed by atoms with van der Waals surface area (Å²) >= 11 is 6.85. The number of likely N-dealkylation sites (tertiary alicyclic amines) is 1. The first-order chi connectivity index (χ1) is 13.7. The summed E-state index contributed by atoms with van der Waals surface area (Å²) in [6, 6.07) is 5.41. The van der Waals surface area contributed by atoms with Crippen molar-refractivity contribution in [3.05, 3.63) is 39.9 Å². The number of carbonyl (C=O) groups is 4. The molecule has 0 radical (unpaired) electrons. The molecular formula is C17H17ClN2O8S. The average Bonchev–Trinajstić information content (AvgIpc) is 2.69. The molecule has 156 valence electrons. The van der Waals surface area contributed by atoms with E-state index in [4.69, 9.17) is 16.3 Å². The minimum absolute atomic E-state index is 0.0352. The number of hydrogen-bond acceptors (Lipinski definition) is 9. The van der Waals surface area contributed by atoms with Crippen LogP contribution in [0.3, 0.4) is 0 Å². The van der Waals surface area contributed by atoms with Gasteiger partial charge >= 0.3 is 11.9 Å². The zero-order valence-electron chi connectivity index (χ0n) is 15.2. The standard InChI is InChI=1S/C17H17ClN2O8S/c1-27-14(22)6-7-15(23)29-13-8-12(21)19(13)16(18)17(24)28-9-10-2-4-11(5-3-10)20(25)26/h2-5,13,16H,6-9H2,1H3/t13-,16?/m1/s1. The molecule has 12 heteroatoms. The third-order valence-corrected chi connectivity index (χ3v) is 5.46. The van der Waals surface area contributed by atoms with Crippen LogP contribution in [0.2, 0.25) is 0 Å². The van der Waals surface area contributed by atoms with Gasteiger partial charge in [0.2, 0.25) is 11.4 Å². The van der Waals surface area contributed by atoms with E-state index in [0.717, 1.165) is 16.7 Å². The molecule has 1 fully saturated rings. The number of alkyl halides is 1. The normalized spacial score (nSPS) is 16.6. The first kappa shape index (κ1) is 22.6. The zero-order valence-corrected chi connectivity index (χ0v) is 16.8. The van der Waals surface area contributed by atoms with E-state index in [-0.39, 0.29) is 36.7 Å². The molecule has 1 unspecified atom stereocenters. The highest BCUT2D eigenvalue weighted by atomic mass is 35.5. The van der Waals surface area contributed by atoms with Gasteiger partial charge in [0, 0.05) is 18.6 Å². The molecule has 1 amide bonds. The number of amides is 1. The van der Waals surface area contributed by atoms with Crippen LogP contribution >= 0.6 is 23.4 Å². The number of esters is 2. The Hall–Kier alpha value is -2.66. The molecule has 29 heavy (non-hydrogen) atoms. The van der Waals surface area contributed by atoms with Gasteiger partial charge in [0.15, 0.2) is 5.12 Å². The monoisotopic (exact) mass is 444 g/mol. The maximum absolute atomic E-state index is 12.1. The summed E-state index contributed by atoms with van der Waals surface area (Å²) in [5.74, 6) is -1.81. The van der Waals surface area contributed by atoms with Gasteiger partial charge in [-0.3, -0.25) is 24.5 Å². The van der Waals surface area contributed by atoms with Crippen molar-refractivity contribution in [3.63, 3.8) is 0 Å². The lowest BCUT2D eigenvalue weighted by atomic mass is 10.2. The van der Waals surface area contributed by atoms with Gasteiger partial charge in [-0.1, -0.05) is 23.4 Å². The van der Waals surface area contributed by atoms with Crippen molar-refractivity contribution in [2.75, 3.05) is 7.11 Å². The number of halogens is 1. The maximum atomic E-state index is 12.1. The second kappa shape index (κ2) is 10.2. The Morgan fingerprint density at radius 1 is 1.31 bits per heavy atom. The Morgan fingerprint density at radius 2 is 1.97 bits per heavy atom. The highest BCUT2D eigenvalue weighted by molar-refractivity contribution is 8.14. The maximum Gasteiger partial charge on any atom is 0.345 e. The van der Waals surface area contributed by atoms with Crippen LogP contribution in [-0.2, 0) is 35.3 Å². The van der Waals surface area contributed by atoms with Crippen molar-refractivity contribution >= 4 is 52.0 Å². The number of rotatable bonds is 9. The number of thioether (sulfide) groups is 1. The van der Waals surface area contributed by atoms with Gasteiger partial charge in [-0.2, -0.15) is 0 Å². The number of ether oxygens (including phenoxy) is 2. The predicted octanol–water partition coefficient (Wildman–Crippen LogP) is 1.97. The highest BCUT2D eigenvalue weighted by Gasteiger charge is 2.45. The summed E-state index contributed by atoms with van der Waals surface area (Å²) in [7, 11) is 1.21. The largest absolute Gasteiger partial charge is 0.469 e. The average molecular weight is 445 g/mol. The SMILES string of the molecule is COC(=O)CCC(=O)S[C@@H]1CC(=O)N1C(Cl)C(=O)OCc1ccc([N+](=O)[O-])cc1. The van der Waals surface area contributed by atoms with Crippen LogP contribution in [0.5, 0.6) is 0 Å². The lowest BCUT2D eigenvalue weighted by Gasteiger charge is -2.41. The van der Waals surface area contributed by atoms with E-state index < -0.39 is 33.6 Å². The molecule has 0 bridgehead atoms. The summed E-state index contributed by atoms with van der Waals surface area (Å²) < 4.78 is 9.51. The number of nitro groups is 1. The summed E-state index contributed by atoms with van der Waals surface area (Å²) in [6.45, 7) is -0.183. The van der Waals surface area contributed by atoms with Gasteiger partial charge in [-0.25, -0.2) is 4.79 Å². The van der Waals surface area contributed by atoms with Gasteiger partial charge in [0.05, 0.1) is 30.2 Å². The number of β-lactam (4-membered cyclic amide) rings is 1. The van der Waals surface area contributed by atoms with E-state index in [1.807, 2.05) is 0 Å². The molecule has 1 aliphatic rings. The Kier molecular flexibility index (Phi) is 7.97. The molecule has 2 atom stereocenters. The summed E-state index contributed by atoms with van der Waals surface area (Å²) in [4.78, 5) is 58.1. The summed E-state index contributed by atoms with van der Waals surface area (Å²) in [6.07, 6.45) is -0.106. The molecule has 0 aliphatic carbocycles. The molecule has 1 aliphatic heterocycles. The number of non-ortho nitro benzene ring substituents is 1. The molecule has 1 aromatic carbocycles. The van der Waals surface area contributed by atoms with E-state index in [2.05, 4.69) is 4.74 Å². The Balaban J connectivity index is 1.85. The molecular weight excluding hydrogens is 428 g/mol. The quantitative estimate of drug-likeness (QED) is 0.140. The van der Waals surface area contributed by atoms with Gasteiger partial charge < -0.3 is 14.4 Å². The predicted molar refractivity (Wildman–Crippen MR) is 102 cm³/mol. The lowest BCUT2D eigenvalue weighted by Crippen LogP contribution is -2.57. The number of methoxy groups -OCH3 is 1. The fourth-order valence-electron chi connectivity index (χ4n) is 2.34. The number of nitrogens with zero attached hydrogens (tertiary/aromatic N) is 2. The second-order valence-corrected chi connectivity index (χ2v) is 7.54. The van der Waals surface area contributed by atoms with Crippen LogP contribution in [0.15, 0.2) is 24.3 Å². The van der Waals surface area contributed by atoms with Gasteiger partial charge in [0.1, 0.15) is 6.61 Å². The zero-order chi connectivity index (χ0) is 21.6. The van der Waals surface area contributed by atoms with Crippen molar-refractivity contribution in [2.45, 2.75) is 36.7 Å². The van der Waals surface area contributed by atoms with Crippen LogP contribution in [0.4, 0.5) is 5.69 Å². The van der Waals surface area contributed by atoms with E-state index >= 15 is 0 Å². The fraction of sp³-hybridized carbons (Fsp3) is 0.412. The van der Waals surface area contributed by atoms with Gasteiger partial charge in [0.25, 0.3) is 5.69 Å². The molecule has 1 saturated heterocycles. The fourth-order valence-corrected chi connectivity index (χ4v) is 3.82. The Labute approximate surface area is 174 Å².